The fourth-order valence-corrected chi connectivity index (χ4v) is 3.16. The number of hydrogen-bond acceptors (Lipinski definition) is 6. The molecule has 0 radical (unpaired) electrons. The number of rotatable bonds is 10. The molecular formula is C18H23N4O5S+. The molecule has 0 aliphatic heterocycles. The normalized spacial score (nSPS) is 11.5. The van der Waals surface area contributed by atoms with E-state index < -0.39 is 4.92 Å². The van der Waals surface area contributed by atoms with Gasteiger partial charge in [-0.25, -0.2) is 0 Å². The van der Waals surface area contributed by atoms with Gasteiger partial charge in [-0.3, -0.25) is 19.7 Å². The van der Waals surface area contributed by atoms with Crippen LogP contribution in [0.2, 0.25) is 0 Å². The maximum Gasteiger partial charge on any atom is 0.279 e. The summed E-state index contributed by atoms with van der Waals surface area (Å²) in [5.41, 5.74) is 0.216. The van der Waals surface area contributed by atoms with E-state index in [1.54, 1.807) is 11.3 Å². The van der Waals surface area contributed by atoms with Gasteiger partial charge < -0.3 is 20.3 Å². The number of nitro groups is 1. The van der Waals surface area contributed by atoms with Crippen molar-refractivity contribution in [3.05, 3.63) is 50.7 Å². The van der Waals surface area contributed by atoms with E-state index in [9.17, 15) is 19.7 Å². The number of quaternary nitrogens is 1. The number of nitrogens with zero attached hydrogens (tertiary/aromatic N) is 1. The van der Waals surface area contributed by atoms with Crippen LogP contribution in [0.3, 0.4) is 0 Å². The van der Waals surface area contributed by atoms with Crippen molar-refractivity contribution in [1.82, 2.24) is 5.32 Å². The highest BCUT2D eigenvalue weighted by Crippen LogP contribution is 2.28. The van der Waals surface area contributed by atoms with E-state index in [0.717, 1.165) is 9.78 Å². The molecule has 0 saturated heterocycles. The fourth-order valence-electron chi connectivity index (χ4n) is 2.52. The Morgan fingerprint density at radius 3 is 2.61 bits per heavy atom. The molecule has 1 unspecified atom stereocenters. The van der Waals surface area contributed by atoms with Gasteiger partial charge in [0.1, 0.15) is 5.75 Å². The molecule has 1 aromatic heterocycles. The van der Waals surface area contributed by atoms with E-state index >= 15 is 0 Å². The highest BCUT2D eigenvalue weighted by atomic mass is 32.1. The smallest absolute Gasteiger partial charge is 0.279 e. The summed E-state index contributed by atoms with van der Waals surface area (Å²) in [4.78, 5) is 36.6. The first kappa shape index (κ1) is 21.3. The second-order valence-electron chi connectivity index (χ2n) is 6.00. The van der Waals surface area contributed by atoms with Gasteiger partial charge in [0, 0.05) is 10.9 Å². The zero-order valence-corrected chi connectivity index (χ0v) is 16.5. The van der Waals surface area contributed by atoms with E-state index in [1.807, 2.05) is 24.4 Å². The predicted octanol–water partition coefficient (Wildman–Crippen LogP) is 0.825. The molecule has 0 fully saturated rings. The van der Waals surface area contributed by atoms with Crippen LogP contribution >= 0.6 is 11.3 Å². The van der Waals surface area contributed by atoms with Crippen molar-refractivity contribution in [3.63, 3.8) is 0 Å². The molecule has 0 aliphatic rings. The third-order valence-electron chi connectivity index (χ3n) is 4.03. The number of nitrogens with one attached hydrogen (secondary N) is 3. The number of likely N-dealkylation sites (N-methyl/N-ethyl adjacent to an activating group) is 1. The Labute approximate surface area is 166 Å². The molecule has 0 saturated carbocycles. The summed E-state index contributed by atoms with van der Waals surface area (Å²) in [6.45, 7) is 3.22. The highest BCUT2D eigenvalue weighted by molar-refractivity contribution is 7.09. The van der Waals surface area contributed by atoms with Crippen molar-refractivity contribution in [2.24, 2.45) is 0 Å². The molecule has 1 aromatic carbocycles. The summed E-state index contributed by atoms with van der Waals surface area (Å²) >= 11 is 1.57. The van der Waals surface area contributed by atoms with Gasteiger partial charge >= 0.3 is 0 Å². The first-order valence-corrected chi connectivity index (χ1v) is 9.55. The quantitative estimate of drug-likeness (QED) is 0.399. The maximum atomic E-state index is 12.3. The van der Waals surface area contributed by atoms with Gasteiger partial charge in [0.2, 0.25) is 0 Å². The lowest BCUT2D eigenvalue weighted by atomic mass is 10.2. The van der Waals surface area contributed by atoms with Crippen molar-refractivity contribution >= 4 is 34.5 Å². The zero-order valence-electron chi connectivity index (χ0n) is 15.7. The summed E-state index contributed by atoms with van der Waals surface area (Å²) in [5, 5.41) is 18.3. The van der Waals surface area contributed by atoms with Crippen LogP contribution in [0.25, 0.3) is 0 Å². The zero-order chi connectivity index (χ0) is 20.5. The van der Waals surface area contributed by atoms with Gasteiger partial charge in [-0.1, -0.05) is 6.07 Å². The van der Waals surface area contributed by atoms with Crippen LogP contribution in [0.1, 0.15) is 11.8 Å². The number of methoxy groups -OCH3 is 1. The SMILES string of the molecule is CC[NH+](CC(=O)NCc1cccs1)CC(=O)Nc1ccc([N+](=O)[O-])cc1OC. The molecule has 9 nitrogen and oxygen atoms in total. The number of benzene rings is 1. The fraction of sp³-hybridized carbons (Fsp3) is 0.333. The predicted molar refractivity (Wildman–Crippen MR) is 106 cm³/mol. The second-order valence-corrected chi connectivity index (χ2v) is 7.04. The molecule has 0 aliphatic carbocycles. The number of carbonyl (C=O) groups is 2. The lowest BCUT2D eigenvalue weighted by molar-refractivity contribution is -0.881. The Balaban J connectivity index is 1.89. The van der Waals surface area contributed by atoms with Crippen molar-refractivity contribution in [1.29, 1.82) is 0 Å². The topological polar surface area (TPSA) is 115 Å². The van der Waals surface area contributed by atoms with E-state index in [1.165, 1.54) is 25.3 Å². The second kappa shape index (κ2) is 10.4. The number of nitro benzene ring substituents is 1. The molecule has 2 rings (SSSR count). The molecule has 0 bridgehead atoms. The number of amides is 2. The molecule has 3 N–H and O–H groups in total. The van der Waals surface area contributed by atoms with Gasteiger partial charge in [0.05, 0.1) is 36.9 Å². The monoisotopic (exact) mass is 407 g/mol. The Bertz CT molecular complexity index is 825. The molecule has 0 spiro atoms. The third-order valence-corrected chi connectivity index (χ3v) is 4.91. The van der Waals surface area contributed by atoms with Crippen molar-refractivity contribution in [2.45, 2.75) is 13.5 Å². The van der Waals surface area contributed by atoms with Gasteiger partial charge in [0.15, 0.2) is 13.1 Å². The number of carbonyl (C=O) groups excluding carboxylic acids is 2. The van der Waals surface area contributed by atoms with E-state index in [-0.39, 0.29) is 36.3 Å². The van der Waals surface area contributed by atoms with Gasteiger partial charge in [0.25, 0.3) is 17.5 Å². The molecule has 1 heterocycles. The van der Waals surface area contributed by atoms with Crippen LogP contribution in [0.4, 0.5) is 11.4 Å². The Hall–Kier alpha value is -2.98. The number of thiophene rings is 1. The maximum absolute atomic E-state index is 12.3. The molecular weight excluding hydrogens is 384 g/mol. The lowest BCUT2D eigenvalue weighted by Crippen LogP contribution is -3.13. The summed E-state index contributed by atoms with van der Waals surface area (Å²) in [6.07, 6.45) is 0. The molecule has 1 atom stereocenters. The minimum Gasteiger partial charge on any atom is -0.494 e. The minimum atomic E-state index is -0.536. The minimum absolute atomic E-state index is 0.0864. The number of hydrogen-bond donors (Lipinski definition) is 3. The van der Waals surface area contributed by atoms with Crippen LogP contribution in [0.5, 0.6) is 5.75 Å². The van der Waals surface area contributed by atoms with Gasteiger partial charge in [-0.15, -0.1) is 11.3 Å². The molecule has 28 heavy (non-hydrogen) atoms. The number of ether oxygens (including phenoxy) is 1. The van der Waals surface area contributed by atoms with E-state index in [4.69, 9.17) is 4.74 Å². The molecule has 2 amide bonds. The van der Waals surface area contributed by atoms with Crippen molar-refractivity contribution in [2.75, 3.05) is 32.1 Å². The van der Waals surface area contributed by atoms with Crippen LogP contribution in [-0.4, -0.2) is 43.5 Å². The van der Waals surface area contributed by atoms with Crippen LogP contribution in [0.15, 0.2) is 35.7 Å². The van der Waals surface area contributed by atoms with Crippen molar-refractivity contribution in [3.8, 4) is 5.75 Å². The summed E-state index contributed by atoms with van der Waals surface area (Å²) in [5.74, 6) is -0.240. The van der Waals surface area contributed by atoms with Crippen LogP contribution in [0, 0.1) is 10.1 Å². The summed E-state index contributed by atoms with van der Waals surface area (Å²) < 4.78 is 5.11. The first-order valence-electron chi connectivity index (χ1n) is 8.67. The van der Waals surface area contributed by atoms with Crippen LogP contribution < -0.4 is 20.3 Å². The number of anilines is 1. The lowest BCUT2D eigenvalue weighted by Gasteiger charge is -2.17. The summed E-state index contributed by atoms with van der Waals surface area (Å²) in [6, 6.07) is 7.83. The Morgan fingerprint density at radius 1 is 1.25 bits per heavy atom. The molecule has 2 aromatic rings. The Kier molecular flexibility index (Phi) is 7.90. The first-order chi connectivity index (χ1) is 13.4. The largest absolute Gasteiger partial charge is 0.494 e. The van der Waals surface area contributed by atoms with E-state index in [0.29, 0.717) is 18.8 Å². The standard InChI is InChI=1S/C18H22N4O5S/c1-3-21(11-17(23)19-10-14-5-4-8-28-14)12-18(24)20-15-7-6-13(22(25)26)9-16(15)27-2/h4-9H,3,10-12H2,1-2H3,(H,19,23)(H,20,24)/p+1. The summed E-state index contributed by atoms with van der Waals surface area (Å²) in [7, 11) is 1.37. The molecule has 150 valence electrons. The Morgan fingerprint density at radius 2 is 2.00 bits per heavy atom. The van der Waals surface area contributed by atoms with Crippen LogP contribution in [-0.2, 0) is 16.1 Å². The highest BCUT2D eigenvalue weighted by Gasteiger charge is 2.19. The number of non-ortho nitro benzene ring substituents is 1. The third kappa shape index (κ3) is 6.32. The average Bonchev–Trinajstić information content (AvgIpc) is 3.19. The average molecular weight is 407 g/mol. The van der Waals surface area contributed by atoms with Gasteiger partial charge in [-0.2, -0.15) is 0 Å². The molecule has 10 heteroatoms. The van der Waals surface area contributed by atoms with Gasteiger partial charge in [-0.05, 0) is 24.4 Å². The van der Waals surface area contributed by atoms with Crippen molar-refractivity contribution < 1.29 is 24.1 Å². The van der Waals surface area contributed by atoms with E-state index in [2.05, 4.69) is 10.6 Å².